The lowest BCUT2D eigenvalue weighted by Crippen LogP contribution is -2.38. The van der Waals surface area contributed by atoms with Gasteiger partial charge in [-0.15, -0.1) is 0 Å². The Bertz CT molecular complexity index is 1090. The third-order valence-corrected chi connectivity index (χ3v) is 5.07. The number of carbonyl (C=O) groups excluding carboxylic acids is 1. The van der Waals surface area contributed by atoms with Crippen LogP contribution in [0.4, 0.5) is 30.2 Å². The third-order valence-electron chi connectivity index (χ3n) is 4.87. The molecule has 2 N–H and O–H groups in total. The van der Waals surface area contributed by atoms with Crippen LogP contribution in [0, 0.1) is 10.1 Å². The molecule has 2 aromatic rings. The summed E-state index contributed by atoms with van der Waals surface area (Å²) >= 11 is 5.14. The summed E-state index contributed by atoms with van der Waals surface area (Å²) in [5.41, 5.74) is -0.842. The number of thiocarbonyl (C=S) groups is 1. The first-order valence-electron chi connectivity index (χ1n) is 10.2. The fourth-order valence-corrected chi connectivity index (χ4v) is 3.50. The van der Waals surface area contributed by atoms with Crippen molar-refractivity contribution in [2.45, 2.75) is 13.1 Å². The number of rotatable bonds is 6. The third kappa shape index (κ3) is 6.11. The summed E-state index contributed by atoms with van der Waals surface area (Å²) in [6.07, 6.45) is -4.58. The van der Waals surface area contributed by atoms with Crippen molar-refractivity contribution < 1.29 is 32.4 Å². The monoisotopic (exact) mass is 498 g/mol. The van der Waals surface area contributed by atoms with Crippen molar-refractivity contribution in [2.24, 2.45) is 0 Å². The van der Waals surface area contributed by atoms with Crippen molar-refractivity contribution >= 4 is 40.3 Å². The van der Waals surface area contributed by atoms with Crippen LogP contribution in [0.2, 0.25) is 0 Å². The molecule has 182 valence electrons. The Morgan fingerprint density at radius 3 is 2.56 bits per heavy atom. The van der Waals surface area contributed by atoms with Crippen molar-refractivity contribution in [3.05, 3.63) is 57.6 Å². The normalized spacial score (nSPS) is 13.8. The summed E-state index contributed by atoms with van der Waals surface area (Å²) in [6.45, 7) is 3.62. The van der Waals surface area contributed by atoms with E-state index in [0.717, 1.165) is 18.2 Å². The summed E-state index contributed by atoms with van der Waals surface area (Å²) in [5.74, 6) is -0.771. The summed E-state index contributed by atoms with van der Waals surface area (Å²) in [7, 11) is 0. The lowest BCUT2D eigenvalue weighted by Gasteiger charge is -2.31. The minimum atomic E-state index is -4.58. The average Bonchev–Trinajstić information content (AvgIpc) is 2.79. The number of alkyl halides is 3. The van der Waals surface area contributed by atoms with E-state index in [1.807, 2.05) is 4.90 Å². The van der Waals surface area contributed by atoms with Gasteiger partial charge in [-0.1, -0.05) is 0 Å². The first kappa shape index (κ1) is 25.2. The van der Waals surface area contributed by atoms with E-state index in [2.05, 4.69) is 10.6 Å². The molecule has 1 fully saturated rings. The first-order chi connectivity index (χ1) is 16.1. The number of amides is 1. The molecule has 0 bridgehead atoms. The fourth-order valence-electron chi connectivity index (χ4n) is 3.30. The molecule has 3 rings (SSSR count). The number of benzene rings is 2. The molecule has 13 heteroatoms. The number of halogens is 3. The number of ether oxygens (including phenoxy) is 2. The molecule has 0 saturated carbocycles. The van der Waals surface area contributed by atoms with Gasteiger partial charge in [0.2, 0.25) is 0 Å². The molecule has 34 heavy (non-hydrogen) atoms. The van der Waals surface area contributed by atoms with Crippen LogP contribution < -0.4 is 20.3 Å². The van der Waals surface area contributed by atoms with E-state index in [1.54, 1.807) is 6.92 Å². The zero-order valence-corrected chi connectivity index (χ0v) is 18.8. The van der Waals surface area contributed by atoms with Gasteiger partial charge in [0.25, 0.3) is 5.91 Å². The molecule has 9 nitrogen and oxygen atoms in total. The fraction of sp³-hybridized carbons (Fsp3) is 0.333. The smallest absolute Gasteiger partial charge is 0.416 e. The number of nitro benzene ring substituents is 1. The average molecular weight is 498 g/mol. The molecule has 1 amide bonds. The number of hydrogen-bond acceptors (Lipinski definition) is 7. The van der Waals surface area contributed by atoms with E-state index in [9.17, 15) is 28.1 Å². The number of nitro groups is 1. The van der Waals surface area contributed by atoms with Gasteiger partial charge in [-0.2, -0.15) is 13.2 Å². The lowest BCUT2D eigenvalue weighted by atomic mass is 10.1. The Kier molecular flexibility index (Phi) is 7.89. The maximum absolute atomic E-state index is 13.3. The Hall–Kier alpha value is -3.45. The highest BCUT2D eigenvalue weighted by Gasteiger charge is 2.32. The summed E-state index contributed by atoms with van der Waals surface area (Å²) < 4.78 is 50.3. The van der Waals surface area contributed by atoms with Crippen LogP contribution in [0.15, 0.2) is 36.4 Å². The first-order valence-corrected chi connectivity index (χ1v) is 10.6. The maximum Gasteiger partial charge on any atom is 0.416 e. The Morgan fingerprint density at radius 1 is 1.24 bits per heavy atom. The van der Waals surface area contributed by atoms with E-state index in [0.29, 0.717) is 32.0 Å². The highest BCUT2D eigenvalue weighted by atomic mass is 32.1. The molecular formula is C21H21F3N4O5S. The molecule has 1 heterocycles. The highest BCUT2D eigenvalue weighted by molar-refractivity contribution is 7.80. The Morgan fingerprint density at radius 2 is 1.94 bits per heavy atom. The van der Waals surface area contributed by atoms with Gasteiger partial charge >= 0.3 is 11.9 Å². The van der Waals surface area contributed by atoms with E-state index in [-0.39, 0.29) is 28.7 Å². The summed E-state index contributed by atoms with van der Waals surface area (Å²) in [5, 5.41) is 16.0. The zero-order chi connectivity index (χ0) is 24.9. The van der Waals surface area contributed by atoms with Crippen molar-refractivity contribution in [1.29, 1.82) is 0 Å². The molecule has 0 unspecified atom stereocenters. The molecule has 1 saturated heterocycles. The van der Waals surface area contributed by atoms with Crippen molar-refractivity contribution in [3.8, 4) is 5.75 Å². The van der Waals surface area contributed by atoms with Gasteiger partial charge in [0, 0.05) is 24.7 Å². The lowest BCUT2D eigenvalue weighted by molar-refractivity contribution is -0.385. The highest BCUT2D eigenvalue weighted by Crippen LogP contribution is 2.36. The van der Waals surface area contributed by atoms with E-state index < -0.39 is 28.3 Å². The Balaban J connectivity index is 1.81. The van der Waals surface area contributed by atoms with Gasteiger partial charge in [-0.25, -0.2) is 0 Å². The topological polar surface area (TPSA) is 106 Å². The molecule has 0 aromatic heterocycles. The molecule has 1 aliphatic rings. The second kappa shape index (κ2) is 10.7. The van der Waals surface area contributed by atoms with E-state index in [1.165, 1.54) is 18.2 Å². The van der Waals surface area contributed by atoms with Crippen LogP contribution in [0.5, 0.6) is 5.75 Å². The van der Waals surface area contributed by atoms with Gasteiger partial charge in [0.1, 0.15) is 0 Å². The van der Waals surface area contributed by atoms with Gasteiger partial charge in [0.15, 0.2) is 10.9 Å². The zero-order valence-electron chi connectivity index (χ0n) is 18.0. The minimum Gasteiger partial charge on any atom is -0.487 e. The Labute approximate surface area is 198 Å². The van der Waals surface area contributed by atoms with Crippen molar-refractivity contribution in [3.63, 3.8) is 0 Å². The molecule has 0 radical (unpaired) electrons. The SMILES string of the molecule is CCOc1ccc(C(=O)NC(=S)Nc2cc(C(F)(F)F)ccc2N2CCOCC2)cc1[N+](=O)[O-]. The quantitative estimate of drug-likeness (QED) is 0.350. The second-order valence-electron chi connectivity index (χ2n) is 7.11. The molecule has 1 aliphatic heterocycles. The second-order valence-corrected chi connectivity index (χ2v) is 7.52. The number of morpholine rings is 1. The molecular weight excluding hydrogens is 477 g/mol. The standard InChI is InChI=1S/C21H21F3N4O5S/c1-2-33-18-6-3-13(11-17(18)28(30)31)19(29)26-20(34)25-15-12-14(21(22,23)24)4-5-16(15)27-7-9-32-10-8-27/h3-6,11-12H,2,7-10H2,1H3,(H2,25,26,29,34). The van der Waals surface area contributed by atoms with Gasteiger partial charge in [-0.3, -0.25) is 20.2 Å². The van der Waals surface area contributed by atoms with E-state index in [4.69, 9.17) is 21.7 Å². The number of carbonyl (C=O) groups is 1. The largest absolute Gasteiger partial charge is 0.487 e. The molecule has 0 spiro atoms. The maximum atomic E-state index is 13.3. The summed E-state index contributed by atoms with van der Waals surface area (Å²) in [6, 6.07) is 6.85. The van der Waals surface area contributed by atoms with Crippen molar-refractivity contribution in [2.75, 3.05) is 43.1 Å². The molecule has 0 aliphatic carbocycles. The van der Waals surface area contributed by atoms with Gasteiger partial charge in [-0.05, 0) is 49.5 Å². The van der Waals surface area contributed by atoms with Crippen LogP contribution in [0.1, 0.15) is 22.8 Å². The predicted octanol–water partition coefficient (Wildman–Crippen LogP) is 3.98. The number of nitrogens with zero attached hydrogens (tertiary/aromatic N) is 2. The number of anilines is 2. The van der Waals surface area contributed by atoms with Crippen LogP contribution in [0.25, 0.3) is 0 Å². The van der Waals surface area contributed by atoms with Crippen LogP contribution >= 0.6 is 12.2 Å². The van der Waals surface area contributed by atoms with Gasteiger partial charge < -0.3 is 19.7 Å². The van der Waals surface area contributed by atoms with Gasteiger partial charge in [0.05, 0.1) is 41.7 Å². The number of nitrogens with one attached hydrogen (secondary N) is 2. The van der Waals surface area contributed by atoms with Crippen molar-refractivity contribution in [1.82, 2.24) is 5.32 Å². The molecule has 0 atom stereocenters. The van der Waals surface area contributed by atoms with Crippen LogP contribution in [-0.2, 0) is 10.9 Å². The molecule has 2 aromatic carbocycles. The summed E-state index contributed by atoms with van der Waals surface area (Å²) in [4.78, 5) is 25.0. The number of hydrogen-bond donors (Lipinski definition) is 2. The predicted molar refractivity (Wildman–Crippen MR) is 122 cm³/mol. The van der Waals surface area contributed by atoms with Crippen LogP contribution in [0.3, 0.4) is 0 Å². The van der Waals surface area contributed by atoms with Crippen LogP contribution in [-0.4, -0.2) is 48.9 Å². The minimum absolute atomic E-state index is 0.00358. The van der Waals surface area contributed by atoms with E-state index >= 15 is 0 Å².